The lowest BCUT2D eigenvalue weighted by Gasteiger charge is -2.12. The van der Waals surface area contributed by atoms with Gasteiger partial charge in [0.15, 0.2) is 0 Å². The van der Waals surface area contributed by atoms with Gasteiger partial charge in [0.2, 0.25) is 0 Å². The average molecular weight is 395 g/mol. The minimum atomic E-state index is 0.205. The van der Waals surface area contributed by atoms with Crippen molar-refractivity contribution in [1.29, 1.82) is 0 Å². The maximum absolute atomic E-state index is 6.07. The van der Waals surface area contributed by atoms with Gasteiger partial charge in [-0.1, -0.05) is 51.3 Å². The molecule has 0 amide bonds. The van der Waals surface area contributed by atoms with Crippen molar-refractivity contribution in [2.45, 2.75) is 18.7 Å². The second kappa shape index (κ2) is 5.43. The van der Waals surface area contributed by atoms with Crippen LogP contribution in [0, 0.1) is 13.8 Å². The van der Waals surface area contributed by atoms with Crippen LogP contribution >= 0.6 is 54.8 Å². The lowest BCUT2D eigenvalue weighted by atomic mass is 10.0. The number of benzene rings is 1. The van der Waals surface area contributed by atoms with Crippen molar-refractivity contribution in [3.05, 3.63) is 54.6 Å². The summed E-state index contributed by atoms with van der Waals surface area (Å²) in [7, 11) is 0. The largest absolute Gasteiger partial charge is 0.130 e. The summed E-state index contributed by atoms with van der Waals surface area (Å²) >= 11 is 15.0. The molecule has 1 unspecified atom stereocenters. The molecule has 1 aromatic heterocycles. The van der Waals surface area contributed by atoms with Gasteiger partial charge in [0, 0.05) is 4.88 Å². The first kappa shape index (κ1) is 13.6. The summed E-state index contributed by atoms with van der Waals surface area (Å²) in [6.45, 7) is 4.24. The van der Waals surface area contributed by atoms with Crippen molar-refractivity contribution in [1.82, 2.24) is 0 Å². The molecule has 1 heterocycles. The second-order valence-electron chi connectivity index (χ2n) is 3.99. The van der Waals surface area contributed by atoms with Gasteiger partial charge in [-0.05, 0) is 47.0 Å². The van der Waals surface area contributed by atoms with E-state index in [0.717, 1.165) is 8.81 Å². The van der Waals surface area contributed by atoms with E-state index >= 15 is 0 Å². The molecule has 2 aromatic rings. The Bertz CT molecular complexity index is 529. The molecule has 0 nitrogen and oxygen atoms in total. The van der Waals surface area contributed by atoms with Crippen molar-refractivity contribution in [3.63, 3.8) is 0 Å². The van der Waals surface area contributed by atoms with Gasteiger partial charge >= 0.3 is 0 Å². The molecule has 0 fully saturated rings. The van der Waals surface area contributed by atoms with Gasteiger partial charge < -0.3 is 0 Å². The van der Waals surface area contributed by atoms with Gasteiger partial charge in [0.25, 0.3) is 0 Å². The van der Waals surface area contributed by atoms with Crippen LogP contribution in [0.15, 0.2) is 28.1 Å². The van der Waals surface area contributed by atoms with Crippen molar-refractivity contribution in [2.75, 3.05) is 0 Å². The summed E-state index contributed by atoms with van der Waals surface area (Å²) in [4.78, 5) is 1.42. The summed E-state index contributed by atoms with van der Waals surface area (Å²) < 4.78 is 0.990. The van der Waals surface area contributed by atoms with E-state index in [9.17, 15) is 0 Å². The van der Waals surface area contributed by atoms with Crippen molar-refractivity contribution < 1.29 is 0 Å². The Hall–Kier alpha value is 0.170. The fourth-order valence-electron chi connectivity index (χ4n) is 1.67. The van der Waals surface area contributed by atoms with Gasteiger partial charge in [0.05, 0.1) is 13.6 Å². The average Bonchev–Trinajstić information content (AvgIpc) is 2.62. The molecule has 0 spiro atoms. The zero-order chi connectivity index (χ0) is 12.6. The van der Waals surface area contributed by atoms with Crippen LogP contribution in [-0.4, -0.2) is 0 Å². The van der Waals surface area contributed by atoms with Crippen LogP contribution in [-0.2, 0) is 0 Å². The summed E-state index contributed by atoms with van der Waals surface area (Å²) in [6, 6.07) is 8.52. The SMILES string of the molecule is Cc1ccc(C)c(C(Br)c2cc(Cl)c(Br)s2)c1. The molecule has 90 valence electrons. The monoisotopic (exact) mass is 392 g/mol. The fourth-order valence-corrected chi connectivity index (χ4v) is 4.32. The van der Waals surface area contributed by atoms with Gasteiger partial charge in [-0.2, -0.15) is 0 Å². The van der Waals surface area contributed by atoms with Crippen LogP contribution < -0.4 is 0 Å². The van der Waals surface area contributed by atoms with E-state index in [4.69, 9.17) is 11.6 Å². The highest BCUT2D eigenvalue weighted by Gasteiger charge is 2.16. The van der Waals surface area contributed by atoms with Gasteiger partial charge in [0.1, 0.15) is 0 Å². The van der Waals surface area contributed by atoms with E-state index in [2.05, 4.69) is 63.9 Å². The number of halogens is 3. The predicted octanol–water partition coefficient (Wildman–Crippen LogP) is 6.27. The van der Waals surface area contributed by atoms with Crippen LogP contribution in [0.1, 0.15) is 26.4 Å². The van der Waals surface area contributed by atoms with Gasteiger partial charge in [-0.25, -0.2) is 0 Å². The molecular weight excluding hydrogens is 383 g/mol. The highest BCUT2D eigenvalue weighted by molar-refractivity contribution is 9.11. The van der Waals surface area contributed by atoms with Crippen molar-refractivity contribution >= 4 is 54.8 Å². The first-order valence-electron chi connectivity index (χ1n) is 5.15. The zero-order valence-electron chi connectivity index (χ0n) is 9.43. The summed E-state index contributed by atoms with van der Waals surface area (Å²) in [5.41, 5.74) is 3.87. The summed E-state index contributed by atoms with van der Waals surface area (Å²) in [5, 5.41) is 0.778. The molecule has 0 aliphatic heterocycles. The Labute approximate surface area is 127 Å². The molecule has 0 saturated heterocycles. The lowest BCUT2D eigenvalue weighted by molar-refractivity contribution is 1.16. The van der Waals surface area contributed by atoms with Crippen LogP contribution in [0.5, 0.6) is 0 Å². The third kappa shape index (κ3) is 2.95. The van der Waals surface area contributed by atoms with Crippen LogP contribution in [0.2, 0.25) is 5.02 Å². The molecule has 0 aliphatic rings. The molecule has 4 heteroatoms. The molecular formula is C13H11Br2ClS. The van der Waals surface area contributed by atoms with Crippen molar-refractivity contribution in [3.8, 4) is 0 Å². The Morgan fingerprint density at radius 3 is 2.53 bits per heavy atom. The molecule has 2 rings (SSSR count). The smallest absolute Gasteiger partial charge is 0.0887 e. The third-order valence-electron chi connectivity index (χ3n) is 2.62. The van der Waals surface area contributed by atoms with E-state index in [1.165, 1.54) is 21.6 Å². The molecule has 0 N–H and O–H groups in total. The number of thiophene rings is 1. The minimum absolute atomic E-state index is 0.205. The molecule has 17 heavy (non-hydrogen) atoms. The molecule has 0 bridgehead atoms. The third-order valence-corrected chi connectivity index (χ3v) is 6.45. The quantitative estimate of drug-likeness (QED) is 0.527. The predicted molar refractivity (Wildman–Crippen MR) is 83.7 cm³/mol. The Morgan fingerprint density at radius 2 is 1.94 bits per heavy atom. The van der Waals surface area contributed by atoms with Crippen molar-refractivity contribution in [2.24, 2.45) is 0 Å². The molecule has 0 aliphatic carbocycles. The lowest BCUT2D eigenvalue weighted by Crippen LogP contribution is -1.94. The zero-order valence-corrected chi connectivity index (χ0v) is 14.2. The normalized spacial score (nSPS) is 12.8. The summed E-state index contributed by atoms with van der Waals surface area (Å²) in [5.74, 6) is 0. The van der Waals surface area contributed by atoms with Crippen LogP contribution in [0.4, 0.5) is 0 Å². The van der Waals surface area contributed by atoms with Gasteiger partial charge in [-0.3, -0.25) is 0 Å². The number of rotatable bonds is 2. The van der Waals surface area contributed by atoms with E-state index in [1.807, 2.05) is 6.07 Å². The van der Waals surface area contributed by atoms with E-state index in [0.29, 0.717) is 0 Å². The maximum atomic E-state index is 6.07. The number of aryl methyl sites for hydroxylation is 2. The fraction of sp³-hybridized carbons (Fsp3) is 0.231. The Kier molecular flexibility index (Phi) is 4.35. The first-order valence-corrected chi connectivity index (χ1v) is 8.05. The van der Waals surface area contributed by atoms with Crippen LogP contribution in [0.25, 0.3) is 0 Å². The standard InChI is InChI=1S/C13H11Br2ClS/c1-7-3-4-8(2)9(5-7)12(14)11-6-10(16)13(15)17-11/h3-6,12H,1-2H3. The minimum Gasteiger partial charge on any atom is -0.130 e. The Balaban J connectivity index is 2.42. The Morgan fingerprint density at radius 1 is 1.24 bits per heavy atom. The highest BCUT2D eigenvalue weighted by Crippen LogP contribution is 2.42. The number of hydrogen-bond donors (Lipinski definition) is 0. The van der Waals surface area contributed by atoms with E-state index in [1.54, 1.807) is 11.3 Å². The molecule has 1 aromatic carbocycles. The topological polar surface area (TPSA) is 0 Å². The highest BCUT2D eigenvalue weighted by atomic mass is 79.9. The second-order valence-corrected chi connectivity index (χ2v) is 7.72. The van der Waals surface area contributed by atoms with E-state index < -0.39 is 0 Å². The van der Waals surface area contributed by atoms with Gasteiger partial charge in [-0.15, -0.1) is 11.3 Å². The molecule has 0 radical (unpaired) electrons. The summed E-state index contributed by atoms with van der Waals surface area (Å²) in [6.07, 6.45) is 0. The van der Waals surface area contributed by atoms with Crippen LogP contribution in [0.3, 0.4) is 0 Å². The number of hydrogen-bond acceptors (Lipinski definition) is 1. The molecule has 1 atom stereocenters. The maximum Gasteiger partial charge on any atom is 0.0887 e. The molecule has 0 saturated carbocycles. The first-order chi connectivity index (χ1) is 7.99. The van der Waals surface area contributed by atoms with E-state index in [-0.39, 0.29) is 4.83 Å². The number of alkyl halides is 1.